The third kappa shape index (κ3) is 4.42. The van der Waals surface area contributed by atoms with Gasteiger partial charge in [0.05, 0.1) is 0 Å². The Morgan fingerprint density at radius 1 is 0.511 bits per heavy atom. The fourth-order valence-electron chi connectivity index (χ4n) is 6.99. The maximum atomic E-state index is 4.40. The van der Waals surface area contributed by atoms with Crippen LogP contribution in [-0.2, 0) is 0 Å². The molecular formula is C43H30N2. The second kappa shape index (κ2) is 11.0. The Labute approximate surface area is 262 Å². The summed E-state index contributed by atoms with van der Waals surface area (Å²) < 4.78 is 0. The Morgan fingerprint density at radius 3 is 2.00 bits per heavy atom. The lowest BCUT2D eigenvalue weighted by atomic mass is 9.83. The Balaban J connectivity index is 1.53. The van der Waals surface area contributed by atoms with Crippen molar-refractivity contribution in [2.45, 2.75) is 0 Å². The van der Waals surface area contributed by atoms with Crippen LogP contribution in [0.25, 0.3) is 81.7 Å². The summed E-state index contributed by atoms with van der Waals surface area (Å²) in [4.78, 5) is 8.58. The molecule has 0 saturated carbocycles. The van der Waals surface area contributed by atoms with Gasteiger partial charge in [0, 0.05) is 30.6 Å². The average Bonchev–Trinajstić information content (AvgIpc) is 3.09. The van der Waals surface area contributed by atoms with Gasteiger partial charge >= 0.3 is 0 Å². The fourth-order valence-corrected chi connectivity index (χ4v) is 6.99. The molecule has 0 amide bonds. The molecule has 0 aliphatic rings. The minimum absolute atomic E-state index is 0.934. The van der Waals surface area contributed by atoms with Gasteiger partial charge in [0.2, 0.25) is 0 Å². The Kier molecular flexibility index (Phi) is 6.54. The molecule has 0 unspecified atom stereocenters. The number of hydrogen-bond donors (Lipinski definition) is 0. The van der Waals surface area contributed by atoms with E-state index in [9.17, 15) is 0 Å². The topological polar surface area (TPSA) is 24.7 Å². The molecule has 0 aromatic heterocycles. The van der Waals surface area contributed by atoms with Gasteiger partial charge in [0.1, 0.15) is 0 Å². The second-order valence-corrected chi connectivity index (χ2v) is 11.5. The van der Waals surface area contributed by atoms with E-state index < -0.39 is 0 Å². The first-order valence-corrected chi connectivity index (χ1v) is 15.2. The zero-order chi connectivity index (χ0) is 30.3. The lowest BCUT2D eigenvalue weighted by Crippen LogP contribution is -1.96. The highest BCUT2D eigenvalue weighted by atomic mass is 14.7. The highest BCUT2D eigenvalue weighted by molar-refractivity contribution is 6.28. The zero-order valence-electron chi connectivity index (χ0n) is 25.0. The molecule has 0 saturated heterocycles. The standard InChI is InChI=1S/C43H30N2/c1-44-26-33(27-45-2)42-37-15-8-9-16-38(37)43(41-25-31(19-22-39(41)42)28-11-4-3-5-12-28)36-18-10-17-34-35(36)21-20-32-23-29-13-6-7-14-30(29)24-40(32)34/h3-27H,1H2,2H3/b33-26+,45-27-. The zero-order valence-corrected chi connectivity index (χ0v) is 25.0. The van der Waals surface area contributed by atoms with Gasteiger partial charge in [-0.3, -0.25) is 9.98 Å². The van der Waals surface area contributed by atoms with Crippen molar-refractivity contribution in [2.24, 2.45) is 9.98 Å². The molecule has 212 valence electrons. The van der Waals surface area contributed by atoms with E-state index in [2.05, 4.69) is 156 Å². The summed E-state index contributed by atoms with van der Waals surface area (Å²) in [6, 6.07) is 50.7. The molecule has 0 aliphatic carbocycles. The van der Waals surface area contributed by atoms with E-state index in [1.807, 2.05) is 12.4 Å². The van der Waals surface area contributed by atoms with Gasteiger partial charge in [-0.25, -0.2) is 0 Å². The number of benzene rings is 8. The number of rotatable bonds is 5. The van der Waals surface area contributed by atoms with Crippen LogP contribution >= 0.6 is 0 Å². The molecule has 8 rings (SSSR count). The van der Waals surface area contributed by atoms with Crippen molar-refractivity contribution in [3.8, 4) is 22.3 Å². The van der Waals surface area contributed by atoms with E-state index in [-0.39, 0.29) is 0 Å². The first-order chi connectivity index (χ1) is 22.2. The van der Waals surface area contributed by atoms with Crippen molar-refractivity contribution in [3.63, 3.8) is 0 Å². The quantitative estimate of drug-likeness (QED) is 0.111. The van der Waals surface area contributed by atoms with Crippen LogP contribution in [0.15, 0.2) is 156 Å². The normalized spacial score (nSPS) is 12.2. The Morgan fingerprint density at radius 2 is 1.20 bits per heavy atom. The van der Waals surface area contributed by atoms with Gasteiger partial charge < -0.3 is 0 Å². The van der Waals surface area contributed by atoms with E-state index in [0.717, 1.165) is 21.9 Å². The number of hydrogen-bond acceptors (Lipinski definition) is 2. The number of fused-ring (bicyclic) bond motifs is 6. The van der Waals surface area contributed by atoms with Gasteiger partial charge in [-0.15, -0.1) is 0 Å². The van der Waals surface area contributed by atoms with Crippen molar-refractivity contribution in [1.82, 2.24) is 0 Å². The fraction of sp³-hybridized carbons (Fsp3) is 0.0233. The molecular weight excluding hydrogens is 544 g/mol. The molecule has 0 aliphatic heterocycles. The number of allylic oxidation sites excluding steroid dienone is 1. The lowest BCUT2D eigenvalue weighted by molar-refractivity contribution is 1.47. The van der Waals surface area contributed by atoms with Gasteiger partial charge in [0.15, 0.2) is 0 Å². The third-order valence-corrected chi connectivity index (χ3v) is 8.93. The van der Waals surface area contributed by atoms with Crippen LogP contribution in [0.1, 0.15) is 5.56 Å². The third-order valence-electron chi connectivity index (χ3n) is 8.93. The van der Waals surface area contributed by atoms with Crippen LogP contribution in [0.3, 0.4) is 0 Å². The molecule has 2 nitrogen and oxygen atoms in total. The number of aliphatic imine (C=N–C) groups is 2. The highest BCUT2D eigenvalue weighted by Crippen LogP contribution is 2.45. The minimum Gasteiger partial charge on any atom is -0.296 e. The molecule has 0 bridgehead atoms. The lowest BCUT2D eigenvalue weighted by Gasteiger charge is -2.20. The van der Waals surface area contributed by atoms with Crippen molar-refractivity contribution in [1.29, 1.82) is 0 Å². The summed E-state index contributed by atoms with van der Waals surface area (Å²) in [5.74, 6) is 0. The molecule has 0 radical (unpaired) electrons. The molecule has 0 spiro atoms. The minimum atomic E-state index is 0.934. The van der Waals surface area contributed by atoms with Crippen LogP contribution in [-0.4, -0.2) is 20.0 Å². The predicted octanol–water partition coefficient (Wildman–Crippen LogP) is 11.5. The van der Waals surface area contributed by atoms with Crippen molar-refractivity contribution in [3.05, 3.63) is 151 Å². The summed E-state index contributed by atoms with van der Waals surface area (Å²) >= 11 is 0. The molecule has 8 aromatic rings. The van der Waals surface area contributed by atoms with Crippen LogP contribution < -0.4 is 0 Å². The molecule has 8 aromatic carbocycles. The van der Waals surface area contributed by atoms with Crippen LogP contribution in [0.2, 0.25) is 0 Å². The van der Waals surface area contributed by atoms with Crippen molar-refractivity contribution in [2.75, 3.05) is 7.05 Å². The molecule has 0 atom stereocenters. The number of nitrogens with zero attached hydrogens (tertiary/aromatic N) is 2. The molecule has 2 heteroatoms. The maximum Gasteiger partial charge on any atom is 0.0354 e. The second-order valence-electron chi connectivity index (χ2n) is 11.5. The predicted molar refractivity (Wildman–Crippen MR) is 197 cm³/mol. The summed E-state index contributed by atoms with van der Waals surface area (Å²) in [7, 11) is 1.80. The smallest absolute Gasteiger partial charge is 0.0354 e. The van der Waals surface area contributed by atoms with E-state index in [1.54, 1.807) is 7.05 Å². The molecule has 0 heterocycles. The van der Waals surface area contributed by atoms with E-state index in [4.69, 9.17) is 0 Å². The Bertz CT molecular complexity index is 2500. The summed E-state index contributed by atoms with van der Waals surface area (Å²) in [5, 5.41) is 12.2. The van der Waals surface area contributed by atoms with Gasteiger partial charge in [0.25, 0.3) is 0 Å². The van der Waals surface area contributed by atoms with Gasteiger partial charge in [-0.1, -0.05) is 121 Å². The monoisotopic (exact) mass is 574 g/mol. The van der Waals surface area contributed by atoms with Crippen molar-refractivity contribution >= 4 is 72.4 Å². The summed E-state index contributed by atoms with van der Waals surface area (Å²) in [5.41, 5.74) is 6.86. The average molecular weight is 575 g/mol. The SMILES string of the molecule is C=N/C=C(\C=N/C)c1c2ccccc2c(-c2cccc3c2ccc2cc4ccccc4cc23)c2cc(-c3ccccc3)ccc12. The molecule has 0 N–H and O–H groups in total. The van der Waals surface area contributed by atoms with Crippen LogP contribution in [0.4, 0.5) is 0 Å². The summed E-state index contributed by atoms with van der Waals surface area (Å²) in [6.45, 7) is 3.78. The van der Waals surface area contributed by atoms with Gasteiger partial charge in [-0.2, -0.15) is 0 Å². The van der Waals surface area contributed by atoms with Crippen molar-refractivity contribution < 1.29 is 0 Å². The molecule has 0 fully saturated rings. The van der Waals surface area contributed by atoms with Crippen LogP contribution in [0, 0.1) is 0 Å². The van der Waals surface area contributed by atoms with E-state index in [0.29, 0.717) is 0 Å². The molecule has 45 heavy (non-hydrogen) atoms. The van der Waals surface area contributed by atoms with E-state index >= 15 is 0 Å². The van der Waals surface area contributed by atoms with Crippen LogP contribution in [0.5, 0.6) is 0 Å². The summed E-state index contributed by atoms with van der Waals surface area (Å²) in [6.07, 6.45) is 3.70. The highest BCUT2D eigenvalue weighted by Gasteiger charge is 2.20. The Hall–Kier alpha value is -5.86. The van der Waals surface area contributed by atoms with Gasteiger partial charge in [-0.05, 0) is 101 Å². The maximum absolute atomic E-state index is 4.40. The first-order valence-electron chi connectivity index (χ1n) is 15.2. The van der Waals surface area contributed by atoms with E-state index in [1.165, 1.54) is 65.3 Å². The largest absolute Gasteiger partial charge is 0.296 e. The first kappa shape index (κ1) is 26.7.